The Morgan fingerprint density at radius 2 is 2.09 bits per heavy atom. The van der Waals surface area contributed by atoms with Crippen molar-refractivity contribution in [3.05, 3.63) is 30.7 Å². The number of aromatic amines is 1. The monoisotopic (exact) mass is 435 g/mol. The molecule has 2 fully saturated rings. The zero-order valence-corrected chi connectivity index (χ0v) is 18.1. The van der Waals surface area contributed by atoms with Gasteiger partial charge in [-0.15, -0.1) is 0 Å². The molecule has 10 heteroatoms. The lowest BCUT2D eigenvalue weighted by atomic mass is 10.1. The molecule has 1 N–H and O–H groups in total. The molecule has 5 rings (SSSR count). The number of aromatic nitrogens is 4. The lowest BCUT2D eigenvalue weighted by Crippen LogP contribution is -2.51. The average Bonchev–Trinajstić information content (AvgIpc) is 3.43. The van der Waals surface area contributed by atoms with Crippen LogP contribution in [0, 0.1) is 11.3 Å². The fourth-order valence-corrected chi connectivity index (χ4v) is 3.89. The van der Waals surface area contributed by atoms with Crippen LogP contribution in [0.2, 0.25) is 0 Å². The highest BCUT2D eigenvalue weighted by Gasteiger charge is 2.29. The molecule has 2 aliphatic rings. The van der Waals surface area contributed by atoms with Crippen LogP contribution < -0.4 is 4.90 Å². The van der Waals surface area contributed by atoms with Gasteiger partial charge in [-0.3, -0.25) is 4.68 Å². The Morgan fingerprint density at radius 1 is 1.31 bits per heavy atom. The van der Waals surface area contributed by atoms with Gasteiger partial charge in [-0.05, 0) is 26.0 Å². The zero-order valence-electron chi connectivity index (χ0n) is 18.1. The third-order valence-electron chi connectivity index (χ3n) is 6.00. The molecule has 3 aromatic heterocycles. The van der Waals surface area contributed by atoms with E-state index in [2.05, 4.69) is 32.1 Å². The number of hydrogen-bond donors (Lipinski definition) is 1. The number of rotatable bonds is 4. The largest absolute Gasteiger partial charge is 0.441 e. The summed E-state index contributed by atoms with van der Waals surface area (Å²) >= 11 is 0. The lowest BCUT2D eigenvalue weighted by molar-refractivity contribution is -0.104. The first-order chi connectivity index (χ1) is 15.4. The van der Waals surface area contributed by atoms with Crippen molar-refractivity contribution < 1.29 is 14.3 Å². The van der Waals surface area contributed by atoms with E-state index < -0.39 is 5.54 Å². The maximum Gasteiger partial charge on any atom is 0.410 e. The Kier molecular flexibility index (Phi) is 4.98. The molecule has 0 spiro atoms. The Labute approximate surface area is 185 Å². The molecule has 0 saturated carbocycles. The van der Waals surface area contributed by atoms with E-state index in [1.165, 1.54) is 0 Å². The van der Waals surface area contributed by atoms with Gasteiger partial charge in [0.05, 0.1) is 31.2 Å². The number of nitrogens with one attached hydrogen (secondary N) is 1. The first kappa shape index (κ1) is 20.3. The SMILES string of the molecule is CC(C)(C#N)n1cc(-c2cc3c(N4CCN(C(=O)OC5COC5)CC4)ccnc3[nH]2)cn1. The number of amides is 1. The van der Waals surface area contributed by atoms with Crippen LogP contribution in [-0.2, 0) is 15.0 Å². The fourth-order valence-electron chi connectivity index (χ4n) is 3.89. The number of hydrogen-bond acceptors (Lipinski definition) is 7. The minimum atomic E-state index is -0.722. The van der Waals surface area contributed by atoms with Gasteiger partial charge in [-0.1, -0.05) is 0 Å². The molecule has 1 amide bonds. The van der Waals surface area contributed by atoms with Crippen molar-refractivity contribution in [2.24, 2.45) is 0 Å². The van der Waals surface area contributed by atoms with E-state index in [1.807, 2.05) is 26.1 Å². The highest BCUT2D eigenvalue weighted by molar-refractivity contribution is 5.93. The number of nitrogens with zero attached hydrogens (tertiary/aromatic N) is 6. The van der Waals surface area contributed by atoms with Gasteiger partial charge in [0.15, 0.2) is 6.10 Å². The third kappa shape index (κ3) is 3.65. The van der Waals surface area contributed by atoms with Crippen LogP contribution in [0.25, 0.3) is 22.3 Å². The number of pyridine rings is 1. The van der Waals surface area contributed by atoms with Gasteiger partial charge in [0.25, 0.3) is 0 Å². The van der Waals surface area contributed by atoms with E-state index in [0.29, 0.717) is 39.4 Å². The van der Waals surface area contributed by atoms with Gasteiger partial charge < -0.3 is 24.3 Å². The summed E-state index contributed by atoms with van der Waals surface area (Å²) in [5.74, 6) is 0. The van der Waals surface area contributed by atoms with Crippen LogP contribution in [0.1, 0.15) is 13.8 Å². The second-order valence-corrected chi connectivity index (χ2v) is 8.64. The number of ether oxygens (including phenoxy) is 2. The van der Waals surface area contributed by atoms with E-state index in [4.69, 9.17) is 9.47 Å². The number of nitriles is 1. The number of carbonyl (C=O) groups excluding carboxylic acids is 1. The summed E-state index contributed by atoms with van der Waals surface area (Å²) in [6.07, 6.45) is 5.03. The highest BCUT2D eigenvalue weighted by atomic mass is 16.6. The van der Waals surface area contributed by atoms with Gasteiger partial charge in [-0.25, -0.2) is 9.78 Å². The molecule has 0 unspecified atom stereocenters. The van der Waals surface area contributed by atoms with E-state index in [-0.39, 0.29) is 12.2 Å². The fraction of sp³-hybridized carbons (Fsp3) is 0.455. The van der Waals surface area contributed by atoms with Gasteiger partial charge in [-0.2, -0.15) is 10.4 Å². The average molecular weight is 435 g/mol. The molecule has 3 aromatic rings. The Morgan fingerprint density at radius 3 is 2.78 bits per heavy atom. The molecule has 166 valence electrons. The Balaban J connectivity index is 1.33. The first-order valence-corrected chi connectivity index (χ1v) is 10.7. The summed E-state index contributed by atoms with van der Waals surface area (Å²) < 4.78 is 12.2. The smallest absolute Gasteiger partial charge is 0.410 e. The van der Waals surface area contributed by atoms with E-state index in [1.54, 1.807) is 22.0 Å². The normalized spacial score (nSPS) is 17.3. The minimum absolute atomic E-state index is 0.110. The molecule has 0 aromatic carbocycles. The van der Waals surface area contributed by atoms with Gasteiger partial charge >= 0.3 is 6.09 Å². The van der Waals surface area contributed by atoms with Crippen molar-refractivity contribution in [3.63, 3.8) is 0 Å². The van der Waals surface area contributed by atoms with Crippen LogP contribution in [0.5, 0.6) is 0 Å². The van der Waals surface area contributed by atoms with Crippen molar-refractivity contribution in [1.29, 1.82) is 5.26 Å². The van der Waals surface area contributed by atoms with Crippen LogP contribution >= 0.6 is 0 Å². The molecule has 0 radical (unpaired) electrons. The lowest BCUT2D eigenvalue weighted by Gasteiger charge is -2.37. The quantitative estimate of drug-likeness (QED) is 0.669. The van der Waals surface area contributed by atoms with Gasteiger partial charge in [0.2, 0.25) is 0 Å². The third-order valence-corrected chi connectivity index (χ3v) is 6.00. The molecule has 0 bridgehead atoms. The molecule has 2 saturated heterocycles. The summed E-state index contributed by atoms with van der Waals surface area (Å²) in [4.78, 5) is 24.2. The number of piperazine rings is 1. The summed E-state index contributed by atoms with van der Waals surface area (Å²) in [7, 11) is 0. The van der Waals surface area contributed by atoms with Crippen molar-refractivity contribution in [1.82, 2.24) is 24.6 Å². The molecular weight excluding hydrogens is 410 g/mol. The Bertz CT molecular complexity index is 1180. The summed E-state index contributed by atoms with van der Waals surface area (Å²) in [5, 5.41) is 14.7. The topological polar surface area (TPSA) is 112 Å². The number of carbonyl (C=O) groups is 1. The van der Waals surface area contributed by atoms with Crippen LogP contribution in [0.3, 0.4) is 0 Å². The molecule has 2 aliphatic heterocycles. The molecule has 0 aliphatic carbocycles. The zero-order chi connectivity index (χ0) is 22.3. The molecule has 0 atom stereocenters. The van der Waals surface area contributed by atoms with Crippen LogP contribution in [0.4, 0.5) is 10.5 Å². The van der Waals surface area contributed by atoms with E-state index in [9.17, 15) is 10.1 Å². The first-order valence-electron chi connectivity index (χ1n) is 10.7. The van der Waals surface area contributed by atoms with E-state index >= 15 is 0 Å². The number of fused-ring (bicyclic) bond motifs is 1. The van der Waals surface area contributed by atoms with Crippen LogP contribution in [-0.4, -0.2) is 76.2 Å². The number of anilines is 1. The van der Waals surface area contributed by atoms with Crippen molar-refractivity contribution in [3.8, 4) is 17.3 Å². The standard InChI is InChI=1S/C22H25N7O3/c1-22(2,14-23)29-11-15(10-25-29)18-9-17-19(3-4-24-20(17)26-18)27-5-7-28(8-6-27)21(30)32-16-12-31-13-16/h3-4,9-11,16H,5-8,12-13H2,1-2H3,(H,24,26). The van der Waals surface area contributed by atoms with Gasteiger partial charge in [0.1, 0.15) is 11.2 Å². The molecular formula is C22H25N7O3. The van der Waals surface area contributed by atoms with Crippen molar-refractivity contribution in [2.75, 3.05) is 44.3 Å². The van der Waals surface area contributed by atoms with E-state index in [0.717, 1.165) is 28.0 Å². The summed E-state index contributed by atoms with van der Waals surface area (Å²) in [6.45, 7) is 7.25. The molecule has 5 heterocycles. The molecule has 10 nitrogen and oxygen atoms in total. The number of H-pyrrole nitrogens is 1. The minimum Gasteiger partial charge on any atom is -0.441 e. The van der Waals surface area contributed by atoms with Crippen molar-refractivity contribution >= 4 is 22.8 Å². The predicted octanol–water partition coefficient (Wildman–Crippen LogP) is 2.34. The maximum absolute atomic E-state index is 12.3. The summed E-state index contributed by atoms with van der Waals surface area (Å²) in [5.41, 5.74) is 2.93. The second-order valence-electron chi connectivity index (χ2n) is 8.64. The Hall–Kier alpha value is -3.58. The second kappa shape index (κ2) is 7.84. The predicted molar refractivity (Wildman–Crippen MR) is 117 cm³/mol. The van der Waals surface area contributed by atoms with Crippen LogP contribution in [0.15, 0.2) is 30.7 Å². The highest BCUT2D eigenvalue weighted by Crippen LogP contribution is 2.31. The van der Waals surface area contributed by atoms with Crippen molar-refractivity contribution in [2.45, 2.75) is 25.5 Å². The maximum atomic E-state index is 12.3. The molecule has 32 heavy (non-hydrogen) atoms. The summed E-state index contributed by atoms with van der Waals surface area (Å²) in [6, 6.07) is 6.32. The van der Waals surface area contributed by atoms with Gasteiger partial charge in [0, 0.05) is 55.2 Å².